The topological polar surface area (TPSA) is 50.3 Å². The Balaban J connectivity index is 1.60. The maximum atomic E-state index is 13.8. The number of halogens is 2. The van der Waals surface area contributed by atoms with E-state index in [9.17, 15) is 8.78 Å². The molecule has 0 radical (unpaired) electrons. The summed E-state index contributed by atoms with van der Waals surface area (Å²) in [5, 5.41) is 3.06. The second kappa shape index (κ2) is 6.73. The molecule has 1 aromatic rings. The molecule has 1 saturated carbocycles. The van der Waals surface area contributed by atoms with Gasteiger partial charge in [0.15, 0.2) is 0 Å². The predicted octanol–water partition coefficient (Wildman–Crippen LogP) is 2.55. The van der Waals surface area contributed by atoms with E-state index in [-0.39, 0.29) is 13.0 Å². The Bertz CT molecular complexity index is 494. The first kappa shape index (κ1) is 15.4. The fraction of sp³-hybridized carbons (Fsp3) is 0.733. The second-order valence-electron chi connectivity index (χ2n) is 5.95. The monoisotopic (exact) mass is 312 g/mol. The van der Waals surface area contributed by atoms with Gasteiger partial charge >= 0.3 is 0 Å². The molecule has 1 aliphatic heterocycles. The number of aromatic nitrogens is 2. The normalized spacial score (nSPS) is 25.0. The molecule has 22 heavy (non-hydrogen) atoms. The SMILES string of the molecule is FC1(F)CCCCC1CNc1cc(N2CCOCC2)ncn1. The first-order chi connectivity index (χ1) is 10.6. The third-order valence-electron chi connectivity index (χ3n) is 4.43. The van der Waals surface area contributed by atoms with Crippen molar-refractivity contribution >= 4 is 11.6 Å². The minimum absolute atomic E-state index is 0.00213. The van der Waals surface area contributed by atoms with Gasteiger partial charge in [-0.2, -0.15) is 0 Å². The zero-order valence-corrected chi connectivity index (χ0v) is 12.6. The van der Waals surface area contributed by atoms with Crippen LogP contribution < -0.4 is 10.2 Å². The Morgan fingerprint density at radius 3 is 2.86 bits per heavy atom. The van der Waals surface area contributed by atoms with Crippen molar-refractivity contribution in [1.82, 2.24) is 9.97 Å². The van der Waals surface area contributed by atoms with Crippen LogP contribution in [0.4, 0.5) is 20.4 Å². The van der Waals surface area contributed by atoms with Gasteiger partial charge in [-0.3, -0.25) is 0 Å². The van der Waals surface area contributed by atoms with Gasteiger partial charge in [0.05, 0.1) is 13.2 Å². The van der Waals surface area contributed by atoms with Crippen molar-refractivity contribution in [2.24, 2.45) is 5.92 Å². The van der Waals surface area contributed by atoms with Gasteiger partial charge in [-0.05, 0) is 12.8 Å². The van der Waals surface area contributed by atoms with Crippen molar-refractivity contribution in [3.8, 4) is 0 Å². The molecule has 7 heteroatoms. The molecule has 0 aromatic carbocycles. The van der Waals surface area contributed by atoms with E-state index in [0.29, 0.717) is 31.9 Å². The van der Waals surface area contributed by atoms with Crippen molar-refractivity contribution in [2.45, 2.75) is 31.6 Å². The van der Waals surface area contributed by atoms with Crippen LogP contribution >= 0.6 is 0 Å². The maximum Gasteiger partial charge on any atom is 0.252 e. The molecule has 0 amide bonds. The lowest BCUT2D eigenvalue weighted by atomic mass is 9.85. The van der Waals surface area contributed by atoms with E-state index in [1.165, 1.54) is 6.33 Å². The summed E-state index contributed by atoms with van der Waals surface area (Å²) in [4.78, 5) is 10.5. The molecular weight excluding hydrogens is 290 g/mol. The molecule has 2 aliphatic rings. The van der Waals surface area contributed by atoms with Crippen LogP contribution in [0.25, 0.3) is 0 Å². The standard InChI is InChI=1S/C15H22F2N4O/c16-15(17)4-2-1-3-12(15)10-18-13-9-14(20-11-19-13)21-5-7-22-8-6-21/h9,11-12H,1-8,10H2,(H,18,19,20). The number of rotatable bonds is 4. The summed E-state index contributed by atoms with van der Waals surface area (Å²) in [5.74, 6) is -1.75. The molecule has 1 saturated heterocycles. The van der Waals surface area contributed by atoms with Crippen molar-refractivity contribution in [1.29, 1.82) is 0 Å². The van der Waals surface area contributed by atoms with Gasteiger partial charge in [0.25, 0.3) is 5.92 Å². The molecule has 1 N–H and O–H groups in total. The lowest BCUT2D eigenvalue weighted by Crippen LogP contribution is -2.37. The molecule has 0 bridgehead atoms. The number of ether oxygens (including phenoxy) is 1. The van der Waals surface area contributed by atoms with Crippen LogP contribution in [0.5, 0.6) is 0 Å². The number of hydrogen-bond donors (Lipinski definition) is 1. The lowest BCUT2D eigenvalue weighted by molar-refractivity contribution is -0.0802. The van der Waals surface area contributed by atoms with Crippen LogP contribution in [0, 0.1) is 5.92 Å². The van der Waals surface area contributed by atoms with E-state index in [1.807, 2.05) is 6.07 Å². The zero-order chi connectivity index (χ0) is 15.4. The molecule has 1 atom stereocenters. The minimum Gasteiger partial charge on any atom is -0.378 e. The second-order valence-corrected chi connectivity index (χ2v) is 5.95. The van der Waals surface area contributed by atoms with Crippen molar-refractivity contribution in [2.75, 3.05) is 43.1 Å². The van der Waals surface area contributed by atoms with Crippen molar-refractivity contribution in [3.05, 3.63) is 12.4 Å². The molecule has 2 heterocycles. The predicted molar refractivity (Wildman–Crippen MR) is 80.5 cm³/mol. The van der Waals surface area contributed by atoms with Gasteiger partial charge in [-0.25, -0.2) is 18.7 Å². The van der Waals surface area contributed by atoms with E-state index >= 15 is 0 Å². The fourth-order valence-electron chi connectivity index (χ4n) is 3.05. The van der Waals surface area contributed by atoms with Gasteiger partial charge in [-0.1, -0.05) is 6.42 Å². The van der Waals surface area contributed by atoms with Gasteiger partial charge in [0.2, 0.25) is 0 Å². The van der Waals surface area contributed by atoms with Crippen LogP contribution in [0.3, 0.4) is 0 Å². The van der Waals surface area contributed by atoms with E-state index < -0.39 is 11.8 Å². The Morgan fingerprint density at radius 2 is 2.09 bits per heavy atom. The molecule has 0 spiro atoms. The summed E-state index contributed by atoms with van der Waals surface area (Å²) in [6.45, 7) is 3.20. The maximum absolute atomic E-state index is 13.8. The Labute approximate surface area is 129 Å². The summed E-state index contributed by atoms with van der Waals surface area (Å²) in [5.41, 5.74) is 0. The summed E-state index contributed by atoms with van der Waals surface area (Å²) in [6.07, 6.45) is 3.55. The van der Waals surface area contributed by atoms with Crippen LogP contribution in [0.1, 0.15) is 25.7 Å². The van der Waals surface area contributed by atoms with Crippen LogP contribution in [-0.2, 0) is 4.74 Å². The van der Waals surface area contributed by atoms with Crippen LogP contribution in [0.15, 0.2) is 12.4 Å². The summed E-state index contributed by atoms with van der Waals surface area (Å²) in [6, 6.07) is 1.83. The van der Waals surface area contributed by atoms with Gasteiger partial charge < -0.3 is 15.0 Å². The molecule has 122 valence electrons. The first-order valence-electron chi connectivity index (χ1n) is 7.91. The number of hydrogen-bond acceptors (Lipinski definition) is 5. The highest BCUT2D eigenvalue weighted by molar-refractivity contribution is 5.48. The molecule has 5 nitrogen and oxygen atoms in total. The van der Waals surface area contributed by atoms with Crippen molar-refractivity contribution in [3.63, 3.8) is 0 Å². The molecular formula is C15H22F2N4O. The smallest absolute Gasteiger partial charge is 0.252 e. The molecule has 2 fully saturated rings. The van der Waals surface area contributed by atoms with Crippen molar-refractivity contribution < 1.29 is 13.5 Å². The Hall–Kier alpha value is -1.50. The average Bonchev–Trinajstić information content (AvgIpc) is 2.55. The first-order valence-corrected chi connectivity index (χ1v) is 7.91. The highest BCUT2D eigenvalue weighted by atomic mass is 19.3. The van der Waals surface area contributed by atoms with Gasteiger partial charge in [0, 0.05) is 38.0 Å². The molecule has 1 aromatic heterocycles. The third kappa shape index (κ3) is 3.63. The average molecular weight is 312 g/mol. The number of morpholine rings is 1. The summed E-state index contributed by atoms with van der Waals surface area (Å²) in [7, 11) is 0. The fourth-order valence-corrected chi connectivity index (χ4v) is 3.05. The summed E-state index contributed by atoms with van der Waals surface area (Å²) < 4.78 is 33.0. The Morgan fingerprint density at radius 1 is 1.27 bits per heavy atom. The largest absolute Gasteiger partial charge is 0.378 e. The number of anilines is 2. The quantitative estimate of drug-likeness (QED) is 0.926. The number of alkyl halides is 2. The summed E-state index contributed by atoms with van der Waals surface area (Å²) >= 11 is 0. The van der Waals surface area contributed by atoms with E-state index in [0.717, 1.165) is 25.3 Å². The van der Waals surface area contributed by atoms with E-state index in [4.69, 9.17) is 4.74 Å². The Kier molecular flexibility index (Phi) is 4.71. The van der Waals surface area contributed by atoms with Crippen LogP contribution in [0.2, 0.25) is 0 Å². The number of nitrogens with one attached hydrogen (secondary N) is 1. The molecule has 1 aliphatic carbocycles. The highest BCUT2D eigenvalue weighted by Gasteiger charge is 2.40. The van der Waals surface area contributed by atoms with Crippen LogP contribution in [-0.4, -0.2) is 48.7 Å². The van der Waals surface area contributed by atoms with Gasteiger partial charge in [0.1, 0.15) is 18.0 Å². The van der Waals surface area contributed by atoms with E-state index in [1.54, 1.807) is 0 Å². The zero-order valence-electron chi connectivity index (χ0n) is 12.6. The van der Waals surface area contributed by atoms with E-state index in [2.05, 4.69) is 20.2 Å². The lowest BCUT2D eigenvalue weighted by Gasteiger charge is -2.31. The molecule has 1 unspecified atom stereocenters. The number of nitrogens with zero attached hydrogens (tertiary/aromatic N) is 3. The highest BCUT2D eigenvalue weighted by Crippen LogP contribution is 2.38. The van der Waals surface area contributed by atoms with Gasteiger partial charge in [-0.15, -0.1) is 0 Å². The third-order valence-corrected chi connectivity index (χ3v) is 4.43. The molecule has 3 rings (SSSR count). The minimum atomic E-state index is -2.56.